The number of methoxy groups -OCH3 is 1. The van der Waals surface area contributed by atoms with E-state index >= 15 is 0 Å². The van der Waals surface area contributed by atoms with Crippen molar-refractivity contribution >= 4 is 23.2 Å². The Morgan fingerprint density at radius 3 is 2.78 bits per heavy atom. The lowest BCUT2D eigenvalue weighted by Gasteiger charge is -2.15. The molecule has 1 aliphatic heterocycles. The number of amides is 1. The minimum Gasteiger partial charge on any atom is -0.497 e. The number of rotatable bonds is 4. The molecule has 1 aromatic heterocycles. The summed E-state index contributed by atoms with van der Waals surface area (Å²) < 4.78 is 6.92. The molecule has 0 fully saturated rings. The molecule has 0 aliphatic carbocycles. The first-order valence-corrected chi connectivity index (χ1v) is 9.19. The number of aromatic nitrogens is 3. The highest BCUT2D eigenvalue weighted by Crippen LogP contribution is 2.32. The minimum atomic E-state index is -0.209. The molecule has 0 spiro atoms. The fourth-order valence-corrected chi connectivity index (χ4v) is 3.53. The third-order valence-corrected chi connectivity index (χ3v) is 5.01. The third kappa shape index (κ3) is 3.06. The van der Waals surface area contributed by atoms with Crippen LogP contribution in [0, 0.1) is 0 Å². The fourth-order valence-electron chi connectivity index (χ4n) is 3.32. The second-order valence-electron chi connectivity index (χ2n) is 6.27. The van der Waals surface area contributed by atoms with Crippen LogP contribution in [0.15, 0.2) is 42.5 Å². The largest absolute Gasteiger partial charge is 0.497 e. The smallest absolute Gasteiger partial charge is 0.297 e. The van der Waals surface area contributed by atoms with Crippen LogP contribution < -0.4 is 9.64 Å². The summed E-state index contributed by atoms with van der Waals surface area (Å²) in [5, 5.41) is 5.03. The average Bonchev–Trinajstić information content (AvgIpc) is 3.31. The Kier molecular flexibility index (Phi) is 4.58. The summed E-state index contributed by atoms with van der Waals surface area (Å²) in [6.07, 6.45) is 1.42. The van der Waals surface area contributed by atoms with Crippen LogP contribution in [0.1, 0.15) is 28.9 Å². The van der Waals surface area contributed by atoms with E-state index < -0.39 is 0 Å². The fraction of sp³-hybridized carbons (Fsp3) is 0.250. The van der Waals surface area contributed by atoms with Gasteiger partial charge in [0.2, 0.25) is 5.82 Å². The van der Waals surface area contributed by atoms with E-state index in [4.69, 9.17) is 16.3 Å². The van der Waals surface area contributed by atoms with E-state index in [1.54, 1.807) is 22.8 Å². The van der Waals surface area contributed by atoms with Gasteiger partial charge in [-0.25, -0.2) is 9.67 Å². The van der Waals surface area contributed by atoms with Gasteiger partial charge in [0.15, 0.2) is 0 Å². The zero-order valence-electron chi connectivity index (χ0n) is 15.1. The number of hydrogen-bond acceptors (Lipinski definition) is 4. The van der Waals surface area contributed by atoms with Crippen molar-refractivity contribution in [3.8, 4) is 11.4 Å². The molecule has 0 saturated heterocycles. The second-order valence-corrected chi connectivity index (χ2v) is 6.68. The first-order chi connectivity index (χ1) is 13.1. The molecule has 0 saturated carbocycles. The number of nitrogens with zero attached hydrogens (tertiary/aromatic N) is 4. The van der Waals surface area contributed by atoms with Gasteiger partial charge in [-0.3, -0.25) is 4.79 Å². The van der Waals surface area contributed by atoms with Gasteiger partial charge in [0.05, 0.1) is 17.8 Å². The molecule has 6 nitrogen and oxygen atoms in total. The van der Waals surface area contributed by atoms with Gasteiger partial charge in [-0.05, 0) is 42.3 Å². The lowest BCUT2D eigenvalue weighted by Crippen LogP contribution is -2.30. The summed E-state index contributed by atoms with van der Waals surface area (Å²) in [5.74, 6) is 1.45. The number of hydrogen-bond donors (Lipinski definition) is 0. The molecule has 4 rings (SSSR count). The van der Waals surface area contributed by atoms with Crippen LogP contribution >= 0.6 is 11.6 Å². The van der Waals surface area contributed by atoms with Crippen molar-refractivity contribution in [3.63, 3.8) is 0 Å². The van der Waals surface area contributed by atoms with Gasteiger partial charge < -0.3 is 9.64 Å². The molecule has 27 heavy (non-hydrogen) atoms. The molecule has 0 atom stereocenters. The number of carbonyl (C=O) groups excluding carboxylic acids is 1. The van der Waals surface area contributed by atoms with Gasteiger partial charge in [-0.1, -0.05) is 30.7 Å². The second kappa shape index (κ2) is 7.04. The average molecular weight is 383 g/mol. The van der Waals surface area contributed by atoms with Gasteiger partial charge in [0.1, 0.15) is 11.6 Å². The molecule has 1 amide bonds. The molecule has 0 unspecified atom stereocenters. The molecular formula is C20H19ClN4O2. The summed E-state index contributed by atoms with van der Waals surface area (Å²) in [6, 6.07) is 13.1. The molecular weight excluding hydrogens is 364 g/mol. The van der Waals surface area contributed by atoms with Crippen molar-refractivity contribution in [2.24, 2.45) is 0 Å². The zero-order chi connectivity index (χ0) is 19.0. The first kappa shape index (κ1) is 17.5. The van der Waals surface area contributed by atoms with E-state index in [0.717, 1.165) is 23.4 Å². The highest BCUT2D eigenvalue weighted by Gasteiger charge is 2.29. The number of carbonyl (C=O) groups is 1. The van der Waals surface area contributed by atoms with Crippen LogP contribution in [0.3, 0.4) is 0 Å². The van der Waals surface area contributed by atoms with Crippen LogP contribution in [0.5, 0.6) is 5.75 Å². The number of halogens is 1. The Balaban J connectivity index is 1.70. The third-order valence-electron chi connectivity index (χ3n) is 4.69. The van der Waals surface area contributed by atoms with Gasteiger partial charge >= 0.3 is 0 Å². The van der Waals surface area contributed by atoms with E-state index in [1.807, 2.05) is 43.3 Å². The highest BCUT2D eigenvalue weighted by molar-refractivity contribution is 6.32. The minimum absolute atomic E-state index is 0.176. The molecule has 3 aromatic rings. The topological polar surface area (TPSA) is 60.3 Å². The van der Waals surface area contributed by atoms with E-state index in [2.05, 4.69) is 10.1 Å². The summed E-state index contributed by atoms with van der Waals surface area (Å²) in [5.41, 5.74) is 2.69. The van der Waals surface area contributed by atoms with Gasteiger partial charge in [0, 0.05) is 18.7 Å². The van der Waals surface area contributed by atoms with Crippen LogP contribution in [0.25, 0.3) is 5.69 Å². The molecule has 2 heterocycles. The maximum Gasteiger partial charge on any atom is 0.297 e. The molecule has 2 aromatic carbocycles. The van der Waals surface area contributed by atoms with Crippen LogP contribution in [-0.4, -0.2) is 34.3 Å². The molecule has 7 heteroatoms. The molecule has 1 aliphatic rings. The number of fused-ring (bicyclic) bond motifs is 1. The predicted molar refractivity (Wildman–Crippen MR) is 104 cm³/mol. The highest BCUT2D eigenvalue weighted by atomic mass is 35.5. The van der Waals surface area contributed by atoms with Crippen molar-refractivity contribution in [1.82, 2.24) is 14.8 Å². The molecule has 138 valence electrons. The van der Waals surface area contributed by atoms with Gasteiger partial charge in [-0.2, -0.15) is 0 Å². The van der Waals surface area contributed by atoms with Crippen LogP contribution in [-0.2, 0) is 12.8 Å². The Labute approximate surface area is 162 Å². The standard InChI is InChI=1S/C20H19ClN4O2/c1-3-18-22-19(23-25(18)17-7-5-4-6-15(17)21)20(26)24-11-10-13-12-14(27-2)8-9-16(13)24/h4-9,12H,3,10-11H2,1-2H3. The number of benzene rings is 2. The van der Waals surface area contributed by atoms with Crippen molar-refractivity contribution in [1.29, 1.82) is 0 Å². The van der Waals surface area contributed by atoms with Crippen molar-refractivity contribution < 1.29 is 9.53 Å². The van der Waals surface area contributed by atoms with Gasteiger partial charge in [0.25, 0.3) is 5.91 Å². The lowest BCUT2D eigenvalue weighted by molar-refractivity contribution is 0.0979. The van der Waals surface area contributed by atoms with Crippen LogP contribution in [0.4, 0.5) is 5.69 Å². The summed E-state index contributed by atoms with van der Waals surface area (Å²) >= 11 is 6.30. The number of ether oxygens (including phenoxy) is 1. The maximum absolute atomic E-state index is 13.1. The van der Waals surface area contributed by atoms with Crippen LogP contribution in [0.2, 0.25) is 5.02 Å². The molecule has 0 N–H and O–H groups in total. The maximum atomic E-state index is 13.1. The summed E-state index contributed by atoms with van der Waals surface area (Å²) in [6.45, 7) is 2.58. The lowest BCUT2D eigenvalue weighted by atomic mass is 10.1. The summed E-state index contributed by atoms with van der Waals surface area (Å²) in [7, 11) is 1.64. The number of para-hydroxylation sites is 1. The Bertz CT molecular complexity index is 1010. The van der Waals surface area contributed by atoms with Crippen molar-refractivity contribution in [2.45, 2.75) is 19.8 Å². The predicted octanol–water partition coefficient (Wildman–Crippen LogP) is 3.69. The van der Waals surface area contributed by atoms with E-state index in [0.29, 0.717) is 29.5 Å². The van der Waals surface area contributed by atoms with E-state index in [-0.39, 0.29) is 11.7 Å². The SMILES string of the molecule is CCc1nc(C(=O)N2CCc3cc(OC)ccc32)nn1-c1ccccc1Cl. The van der Waals surface area contributed by atoms with E-state index in [1.165, 1.54) is 0 Å². The first-order valence-electron chi connectivity index (χ1n) is 8.82. The number of aryl methyl sites for hydroxylation is 1. The Morgan fingerprint density at radius 2 is 2.04 bits per heavy atom. The summed E-state index contributed by atoms with van der Waals surface area (Å²) in [4.78, 5) is 19.3. The Morgan fingerprint density at radius 1 is 1.22 bits per heavy atom. The quantitative estimate of drug-likeness (QED) is 0.690. The van der Waals surface area contributed by atoms with E-state index in [9.17, 15) is 4.79 Å². The number of anilines is 1. The molecule has 0 bridgehead atoms. The molecule has 0 radical (unpaired) electrons. The Hall–Kier alpha value is -2.86. The van der Waals surface area contributed by atoms with Crippen molar-refractivity contribution in [3.05, 3.63) is 64.7 Å². The monoisotopic (exact) mass is 382 g/mol. The normalized spacial score (nSPS) is 12.9. The zero-order valence-corrected chi connectivity index (χ0v) is 15.9. The van der Waals surface area contributed by atoms with Crippen molar-refractivity contribution in [2.75, 3.05) is 18.6 Å². The van der Waals surface area contributed by atoms with Gasteiger partial charge in [-0.15, -0.1) is 5.10 Å².